The van der Waals surface area contributed by atoms with Gasteiger partial charge in [0.2, 0.25) is 0 Å². The molecule has 0 radical (unpaired) electrons. The van der Waals surface area contributed by atoms with Crippen LogP contribution < -0.4 is 5.43 Å². The molecule has 0 heterocycles. The van der Waals surface area contributed by atoms with E-state index in [9.17, 15) is 25.0 Å². The highest BCUT2D eigenvalue weighted by molar-refractivity contribution is 6.38. The van der Waals surface area contributed by atoms with Gasteiger partial charge >= 0.3 is 0 Å². The van der Waals surface area contributed by atoms with Crippen LogP contribution in [0.2, 0.25) is 10.0 Å². The molecule has 2 aromatic rings. The van der Waals surface area contributed by atoms with Gasteiger partial charge in [-0.05, 0) is 12.1 Å². The lowest BCUT2D eigenvalue weighted by Gasteiger charge is -2.02. The van der Waals surface area contributed by atoms with Crippen molar-refractivity contribution < 1.29 is 14.6 Å². The molecule has 2 aromatic carbocycles. The van der Waals surface area contributed by atoms with Crippen molar-refractivity contribution in [2.24, 2.45) is 5.10 Å². The van der Waals surface area contributed by atoms with E-state index in [2.05, 4.69) is 10.5 Å². The van der Waals surface area contributed by atoms with E-state index in [4.69, 9.17) is 23.2 Å². The highest BCUT2D eigenvalue weighted by atomic mass is 35.5. The lowest BCUT2D eigenvalue weighted by atomic mass is 10.1. The zero-order valence-electron chi connectivity index (χ0n) is 12.2. The van der Waals surface area contributed by atoms with Crippen LogP contribution in [0, 0.1) is 20.2 Å². The Balaban J connectivity index is 2.25. The number of amides is 1. The maximum atomic E-state index is 12.0. The number of hydrogen-bond donors (Lipinski definition) is 1. The normalized spacial score (nSPS) is 10.6. The standard InChI is InChI=1S/C14H8Cl2N4O5/c15-12-2-1-3-13(16)11(12)7-17-18-14(21)8-4-9(19(22)23)6-10(5-8)20(24)25/h1-7H,(H,18,21). The van der Waals surface area contributed by atoms with Crippen LogP contribution in [0.15, 0.2) is 41.5 Å². The molecule has 11 heteroatoms. The number of nitro groups is 2. The Morgan fingerprint density at radius 3 is 2.04 bits per heavy atom. The summed E-state index contributed by atoms with van der Waals surface area (Å²) in [7, 11) is 0. The Bertz CT molecular complexity index is 848. The number of carbonyl (C=O) groups is 1. The molecule has 0 unspecified atom stereocenters. The molecule has 9 nitrogen and oxygen atoms in total. The van der Waals surface area contributed by atoms with Gasteiger partial charge in [0, 0.05) is 17.7 Å². The third-order valence-electron chi connectivity index (χ3n) is 2.95. The smallest absolute Gasteiger partial charge is 0.267 e. The molecule has 0 saturated carbocycles. The summed E-state index contributed by atoms with van der Waals surface area (Å²) in [4.78, 5) is 32.0. The lowest BCUT2D eigenvalue weighted by molar-refractivity contribution is -0.394. The molecule has 2 rings (SSSR count). The van der Waals surface area contributed by atoms with Gasteiger partial charge in [-0.1, -0.05) is 29.3 Å². The average molecular weight is 383 g/mol. The first-order chi connectivity index (χ1) is 11.8. The van der Waals surface area contributed by atoms with Crippen LogP contribution in [0.5, 0.6) is 0 Å². The zero-order valence-corrected chi connectivity index (χ0v) is 13.7. The minimum absolute atomic E-state index is 0.289. The van der Waals surface area contributed by atoms with Gasteiger partial charge in [0.05, 0.1) is 37.7 Å². The van der Waals surface area contributed by atoms with Crippen LogP contribution in [0.3, 0.4) is 0 Å². The molecule has 0 saturated heterocycles. The second kappa shape index (κ2) is 7.69. The van der Waals surface area contributed by atoms with Crippen LogP contribution in [-0.2, 0) is 0 Å². The predicted octanol–water partition coefficient (Wildman–Crippen LogP) is 3.57. The number of benzene rings is 2. The highest BCUT2D eigenvalue weighted by Crippen LogP contribution is 2.23. The highest BCUT2D eigenvalue weighted by Gasteiger charge is 2.19. The molecule has 0 spiro atoms. The molecule has 0 fully saturated rings. The summed E-state index contributed by atoms with van der Waals surface area (Å²) in [5.41, 5.74) is 1.000. The Hall–Kier alpha value is -3.04. The number of hydrogen-bond acceptors (Lipinski definition) is 6. The van der Waals surface area contributed by atoms with Crippen molar-refractivity contribution in [2.75, 3.05) is 0 Å². The predicted molar refractivity (Wildman–Crippen MR) is 91.3 cm³/mol. The van der Waals surface area contributed by atoms with Gasteiger partial charge in [0.15, 0.2) is 0 Å². The minimum atomic E-state index is -0.869. The molecule has 25 heavy (non-hydrogen) atoms. The van der Waals surface area contributed by atoms with Gasteiger partial charge in [-0.3, -0.25) is 25.0 Å². The Morgan fingerprint density at radius 1 is 1.04 bits per heavy atom. The topological polar surface area (TPSA) is 128 Å². The summed E-state index contributed by atoms with van der Waals surface area (Å²) in [5, 5.41) is 25.9. The fraction of sp³-hybridized carbons (Fsp3) is 0. The summed E-state index contributed by atoms with van der Waals surface area (Å²) in [6.07, 6.45) is 1.19. The first kappa shape index (κ1) is 18.3. The maximum absolute atomic E-state index is 12.0. The zero-order chi connectivity index (χ0) is 18.6. The van der Waals surface area contributed by atoms with Crippen LogP contribution >= 0.6 is 23.2 Å². The lowest BCUT2D eigenvalue weighted by Crippen LogP contribution is -2.18. The van der Waals surface area contributed by atoms with Crippen molar-refractivity contribution in [3.63, 3.8) is 0 Å². The van der Waals surface area contributed by atoms with Gasteiger partial charge < -0.3 is 0 Å². The number of halogens is 2. The largest absolute Gasteiger partial charge is 0.277 e. The Morgan fingerprint density at radius 2 is 1.56 bits per heavy atom. The number of nitrogens with zero attached hydrogens (tertiary/aromatic N) is 3. The molecule has 0 atom stereocenters. The summed E-state index contributed by atoms with van der Waals surface area (Å²) in [6, 6.07) is 7.33. The van der Waals surface area contributed by atoms with E-state index < -0.39 is 27.1 Å². The van der Waals surface area contributed by atoms with Crippen molar-refractivity contribution in [3.8, 4) is 0 Å². The van der Waals surface area contributed by atoms with Crippen molar-refractivity contribution >= 4 is 46.7 Å². The number of rotatable bonds is 5. The Labute approximate surface area is 150 Å². The Kier molecular flexibility index (Phi) is 5.63. The van der Waals surface area contributed by atoms with E-state index in [0.717, 1.165) is 18.2 Å². The summed E-state index contributed by atoms with van der Waals surface area (Å²) in [5.74, 6) is -0.869. The quantitative estimate of drug-likeness (QED) is 0.480. The molecule has 0 aliphatic carbocycles. The third-order valence-corrected chi connectivity index (χ3v) is 3.60. The van der Waals surface area contributed by atoms with E-state index in [-0.39, 0.29) is 5.56 Å². The second-order valence-corrected chi connectivity index (χ2v) is 5.40. The molecule has 0 aliphatic heterocycles. The van der Waals surface area contributed by atoms with Gasteiger partial charge in [0.1, 0.15) is 0 Å². The van der Waals surface area contributed by atoms with Crippen molar-refractivity contribution in [1.82, 2.24) is 5.43 Å². The van der Waals surface area contributed by atoms with Gasteiger partial charge in [-0.25, -0.2) is 5.43 Å². The van der Waals surface area contributed by atoms with E-state index in [1.807, 2.05) is 0 Å². The molecule has 0 aromatic heterocycles. The van der Waals surface area contributed by atoms with Crippen LogP contribution in [0.25, 0.3) is 0 Å². The molecule has 128 valence electrons. The molecule has 1 amide bonds. The van der Waals surface area contributed by atoms with E-state index in [1.165, 1.54) is 6.21 Å². The number of carbonyl (C=O) groups excluding carboxylic acids is 1. The van der Waals surface area contributed by atoms with Crippen LogP contribution in [0.4, 0.5) is 11.4 Å². The molecule has 0 aliphatic rings. The average Bonchev–Trinajstić information content (AvgIpc) is 2.56. The molecular weight excluding hydrogens is 375 g/mol. The van der Waals surface area contributed by atoms with Crippen LogP contribution in [0.1, 0.15) is 15.9 Å². The van der Waals surface area contributed by atoms with Gasteiger partial charge in [0.25, 0.3) is 17.3 Å². The molecular formula is C14H8Cl2N4O5. The van der Waals surface area contributed by atoms with Crippen molar-refractivity contribution in [2.45, 2.75) is 0 Å². The molecule has 1 N–H and O–H groups in total. The van der Waals surface area contributed by atoms with Crippen molar-refractivity contribution in [1.29, 1.82) is 0 Å². The monoisotopic (exact) mass is 382 g/mol. The maximum Gasteiger partial charge on any atom is 0.277 e. The van der Waals surface area contributed by atoms with E-state index in [0.29, 0.717) is 15.6 Å². The first-order valence-electron chi connectivity index (χ1n) is 6.51. The number of hydrazone groups is 1. The minimum Gasteiger partial charge on any atom is -0.267 e. The first-order valence-corrected chi connectivity index (χ1v) is 7.26. The van der Waals surface area contributed by atoms with Gasteiger partial charge in [-0.2, -0.15) is 5.10 Å². The number of nitrogens with one attached hydrogen (secondary N) is 1. The second-order valence-electron chi connectivity index (χ2n) is 4.59. The van der Waals surface area contributed by atoms with Crippen molar-refractivity contribution in [3.05, 3.63) is 77.8 Å². The molecule has 0 bridgehead atoms. The SMILES string of the molecule is O=C(NN=Cc1c(Cl)cccc1Cl)c1cc([N+](=O)[O-])cc([N+](=O)[O-])c1. The van der Waals surface area contributed by atoms with Crippen LogP contribution in [-0.4, -0.2) is 22.0 Å². The van der Waals surface area contributed by atoms with Gasteiger partial charge in [-0.15, -0.1) is 0 Å². The number of nitro benzene ring substituents is 2. The fourth-order valence-corrected chi connectivity index (χ4v) is 2.29. The summed E-state index contributed by atoms with van der Waals surface area (Å²) >= 11 is 11.9. The summed E-state index contributed by atoms with van der Waals surface area (Å²) in [6.45, 7) is 0. The van der Waals surface area contributed by atoms with E-state index in [1.54, 1.807) is 18.2 Å². The summed E-state index contributed by atoms with van der Waals surface area (Å²) < 4.78 is 0. The fourth-order valence-electron chi connectivity index (χ4n) is 1.79. The number of non-ortho nitro benzene ring substituents is 2. The van der Waals surface area contributed by atoms with E-state index >= 15 is 0 Å². The third kappa shape index (κ3) is 4.49.